The fourth-order valence-corrected chi connectivity index (χ4v) is 11.3. The fourth-order valence-electron chi connectivity index (χ4n) is 11.3. The predicted molar refractivity (Wildman–Crippen MR) is 256 cm³/mol. The monoisotopic (exact) mass is 1010 g/mol. The third-order valence-electron chi connectivity index (χ3n) is 13.7. The molecule has 2 aliphatic rings. The number of nitrogens with zero attached hydrogens (tertiary/aromatic N) is 7. The Kier molecular flexibility index (Phi) is 7.45. The molecule has 306 valence electrons. The second kappa shape index (κ2) is 13.3. The van der Waals surface area contributed by atoms with E-state index in [9.17, 15) is 0 Å². The first-order valence-corrected chi connectivity index (χ1v) is 21.7. The number of hydrogen-bond donors (Lipinski definition) is 0. The summed E-state index contributed by atoms with van der Waals surface area (Å²) in [6.45, 7) is 0. The zero-order valence-electron chi connectivity index (χ0n) is 34.5. The molecule has 0 atom stereocenters. The fraction of sp³-hybridized carbons (Fsp3) is 0.0175. The molecule has 0 radical (unpaired) electrons. The molecule has 1 aliphatic heterocycles. The minimum absolute atomic E-state index is 0. The van der Waals surface area contributed by atoms with Crippen LogP contribution in [0.15, 0.2) is 200 Å². The van der Waals surface area contributed by atoms with Crippen molar-refractivity contribution in [1.82, 2.24) is 27.9 Å². The van der Waals surface area contributed by atoms with Crippen LogP contribution in [0.4, 0.5) is 17.1 Å². The van der Waals surface area contributed by atoms with Gasteiger partial charge in [-0.05, 0) is 82.4 Å². The van der Waals surface area contributed by atoms with Crippen LogP contribution in [0.1, 0.15) is 22.3 Å². The summed E-state index contributed by atoms with van der Waals surface area (Å²) < 4.78 is 9.04. The minimum Gasteiger partial charge on any atom is -0.358 e. The van der Waals surface area contributed by atoms with Crippen molar-refractivity contribution in [1.29, 1.82) is 0 Å². The van der Waals surface area contributed by atoms with Crippen molar-refractivity contribution in [3.8, 4) is 22.5 Å². The third kappa shape index (κ3) is 4.62. The van der Waals surface area contributed by atoms with E-state index in [4.69, 9.17) is 9.97 Å². The molecule has 0 N–H and O–H groups in total. The molecule has 65 heavy (non-hydrogen) atoms. The predicted octanol–water partition coefficient (Wildman–Crippen LogP) is 12.9. The Morgan fingerprint density at radius 3 is 1.42 bits per heavy atom. The number of benzene rings is 9. The van der Waals surface area contributed by atoms with Crippen LogP contribution in [0, 0.1) is 12.1 Å². The van der Waals surface area contributed by atoms with Crippen LogP contribution >= 0.6 is 0 Å². The number of anilines is 3. The van der Waals surface area contributed by atoms with E-state index in [-0.39, 0.29) is 21.1 Å². The van der Waals surface area contributed by atoms with E-state index in [1.807, 2.05) is 6.07 Å². The van der Waals surface area contributed by atoms with Crippen LogP contribution in [0.2, 0.25) is 0 Å². The summed E-state index contributed by atoms with van der Waals surface area (Å²) in [7, 11) is 0. The quantitative estimate of drug-likeness (QED) is 0.166. The number of imidazole rings is 4. The molecular weight excluding hydrogens is 978 g/mol. The van der Waals surface area contributed by atoms with E-state index in [1.54, 1.807) is 0 Å². The molecule has 15 rings (SSSR count). The second-order valence-corrected chi connectivity index (χ2v) is 16.8. The summed E-state index contributed by atoms with van der Waals surface area (Å²) in [4.78, 5) is 12.9. The van der Waals surface area contributed by atoms with Gasteiger partial charge in [0.1, 0.15) is 0 Å². The number of para-hydroxylation sites is 9. The molecule has 0 saturated heterocycles. The van der Waals surface area contributed by atoms with Gasteiger partial charge in [-0.25, -0.2) is 9.97 Å². The Morgan fingerprint density at radius 2 is 0.815 bits per heavy atom. The Hall–Kier alpha value is -7.99. The molecular formula is C57H33N7Pt. The maximum Gasteiger partial charge on any atom is 2.00 e. The first kappa shape index (κ1) is 36.5. The van der Waals surface area contributed by atoms with Gasteiger partial charge in [0.05, 0.1) is 44.1 Å². The summed E-state index contributed by atoms with van der Waals surface area (Å²) in [5.74, 6) is 1.69. The average Bonchev–Trinajstić information content (AvgIpc) is 4.14. The molecule has 1 aliphatic carbocycles. The molecule has 0 unspecified atom stereocenters. The zero-order valence-corrected chi connectivity index (χ0v) is 36.8. The van der Waals surface area contributed by atoms with Crippen molar-refractivity contribution in [3.63, 3.8) is 0 Å². The van der Waals surface area contributed by atoms with Crippen molar-refractivity contribution < 1.29 is 21.1 Å². The van der Waals surface area contributed by atoms with Crippen molar-refractivity contribution in [2.24, 2.45) is 0 Å². The smallest absolute Gasteiger partial charge is 0.358 e. The Labute approximate surface area is 387 Å². The van der Waals surface area contributed by atoms with Crippen molar-refractivity contribution >= 4 is 72.8 Å². The molecule has 9 aromatic carbocycles. The maximum absolute atomic E-state index is 5.27. The molecule has 0 amide bonds. The van der Waals surface area contributed by atoms with Crippen LogP contribution in [-0.4, -0.2) is 27.9 Å². The van der Waals surface area contributed by atoms with Gasteiger partial charge in [-0.3, -0.25) is 8.80 Å². The van der Waals surface area contributed by atoms with Gasteiger partial charge in [-0.1, -0.05) is 138 Å². The van der Waals surface area contributed by atoms with E-state index in [0.29, 0.717) is 0 Å². The number of aromatic nitrogens is 6. The largest absolute Gasteiger partial charge is 2.00 e. The normalized spacial score (nSPS) is 13.5. The Morgan fingerprint density at radius 1 is 0.354 bits per heavy atom. The molecule has 4 aromatic heterocycles. The van der Waals surface area contributed by atoms with E-state index >= 15 is 0 Å². The second-order valence-electron chi connectivity index (χ2n) is 16.8. The van der Waals surface area contributed by atoms with Crippen LogP contribution in [0.5, 0.6) is 0 Å². The van der Waals surface area contributed by atoms with Crippen LogP contribution < -0.4 is 4.90 Å². The van der Waals surface area contributed by atoms with Crippen molar-refractivity contribution in [3.05, 3.63) is 235 Å². The van der Waals surface area contributed by atoms with Gasteiger partial charge in [0.2, 0.25) is 11.6 Å². The van der Waals surface area contributed by atoms with Gasteiger partial charge < -0.3 is 14.0 Å². The standard InChI is InChI=1S/C57H33N7.Pt/c1-3-20-41-39(18-1)40-19-2-4-21-42(40)57(41)43-22-5-8-25-47(43)60(36-16-15-17-37(34-36)61-50-28-11-13-30-52(50)63-48-26-9-6-23-45(48)58-55(61)63)54-35-38(32-33-44(54)57)62-51-29-12-14-31-53(51)64-49-27-10-7-24-46(49)59-56(62)64;/h1-33H;/q-2;+2. The summed E-state index contributed by atoms with van der Waals surface area (Å²) in [6, 6.07) is 79.8. The van der Waals surface area contributed by atoms with Crippen LogP contribution in [-0.2, 0) is 26.5 Å². The van der Waals surface area contributed by atoms with E-state index in [1.165, 1.54) is 27.8 Å². The van der Waals surface area contributed by atoms with Crippen molar-refractivity contribution in [2.45, 2.75) is 5.41 Å². The molecule has 0 saturated carbocycles. The summed E-state index contributed by atoms with van der Waals surface area (Å²) in [5.41, 5.74) is 19.9. The van der Waals surface area contributed by atoms with E-state index in [2.05, 4.69) is 229 Å². The third-order valence-corrected chi connectivity index (χ3v) is 13.7. The zero-order chi connectivity index (χ0) is 41.7. The van der Waals surface area contributed by atoms with Crippen LogP contribution in [0.3, 0.4) is 0 Å². The molecule has 0 bridgehead atoms. The molecule has 5 heterocycles. The number of fused-ring (bicyclic) bond motifs is 19. The van der Waals surface area contributed by atoms with Gasteiger partial charge in [0, 0.05) is 11.1 Å². The Balaban J connectivity index is 0.00000406. The molecule has 8 heteroatoms. The SMILES string of the molecule is [Pt+2].[c-]1c(N2c3[c-]c(-n4c5ccccc5n5c6ccccc6nc45)ccc3C3(c4ccccc4-c4ccccc43)c3ccccc32)cccc1-n1c2ccccc2n2c3ccccc3nc12. The topological polar surface area (TPSA) is 47.7 Å². The summed E-state index contributed by atoms with van der Waals surface area (Å²) >= 11 is 0. The maximum atomic E-state index is 5.27. The summed E-state index contributed by atoms with van der Waals surface area (Å²) in [6.07, 6.45) is 0. The van der Waals surface area contributed by atoms with Gasteiger partial charge in [0.25, 0.3) is 0 Å². The minimum atomic E-state index is -0.614. The van der Waals surface area contributed by atoms with Crippen molar-refractivity contribution in [2.75, 3.05) is 4.90 Å². The van der Waals surface area contributed by atoms with Gasteiger partial charge in [-0.15, -0.1) is 35.9 Å². The van der Waals surface area contributed by atoms with Crippen LogP contribution in [0.25, 0.3) is 78.2 Å². The van der Waals surface area contributed by atoms with E-state index < -0.39 is 5.41 Å². The molecule has 7 nitrogen and oxygen atoms in total. The first-order valence-electron chi connectivity index (χ1n) is 21.7. The Bertz CT molecular complexity index is 4080. The number of rotatable bonds is 3. The molecule has 1 spiro atoms. The summed E-state index contributed by atoms with van der Waals surface area (Å²) in [5, 5.41) is 0. The molecule has 13 aromatic rings. The molecule has 0 fully saturated rings. The first-order chi connectivity index (χ1) is 31.8. The average molecular weight is 1010 g/mol. The number of hydrogen-bond acceptors (Lipinski definition) is 3. The van der Waals surface area contributed by atoms with Gasteiger partial charge >= 0.3 is 21.1 Å². The van der Waals surface area contributed by atoms with E-state index in [0.717, 1.165) is 89.7 Å². The van der Waals surface area contributed by atoms with Gasteiger partial charge in [-0.2, -0.15) is 12.1 Å². The van der Waals surface area contributed by atoms with Gasteiger partial charge in [0.15, 0.2) is 0 Å².